The molecule has 150 valence electrons. The van der Waals surface area contributed by atoms with Crippen LogP contribution >= 0.6 is 0 Å². The Balaban J connectivity index is 1.42. The van der Waals surface area contributed by atoms with E-state index in [9.17, 15) is 4.79 Å². The van der Waals surface area contributed by atoms with Gasteiger partial charge in [-0.25, -0.2) is 9.78 Å². The standard InChI is InChI=1S/C20H28N6O2/c1-3-28-17-8-6-16(7-9-17)24-20(27)22-11-10-21-19-23-15(2)14-18(25-19)26-12-4-5-13-26/h6-9,14H,3-5,10-13H2,1-2H3,(H,21,23,25)(H2,22,24,27). The molecule has 1 aromatic heterocycles. The zero-order valence-electron chi connectivity index (χ0n) is 16.5. The third kappa shape index (κ3) is 5.73. The van der Waals surface area contributed by atoms with E-state index in [-0.39, 0.29) is 6.03 Å². The van der Waals surface area contributed by atoms with Gasteiger partial charge in [-0.2, -0.15) is 4.98 Å². The highest BCUT2D eigenvalue weighted by atomic mass is 16.5. The lowest BCUT2D eigenvalue weighted by atomic mass is 10.3. The average Bonchev–Trinajstić information content (AvgIpc) is 3.22. The van der Waals surface area contributed by atoms with Crippen molar-refractivity contribution in [3.8, 4) is 5.75 Å². The maximum atomic E-state index is 12.0. The minimum Gasteiger partial charge on any atom is -0.494 e. The summed E-state index contributed by atoms with van der Waals surface area (Å²) in [4.78, 5) is 23.3. The first-order valence-electron chi connectivity index (χ1n) is 9.76. The molecule has 0 unspecified atom stereocenters. The number of amides is 2. The topological polar surface area (TPSA) is 91.4 Å². The van der Waals surface area contributed by atoms with Gasteiger partial charge in [0.2, 0.25) is 5.95 Å². The number of carbonyl (C=O) groups excluding carboxylic acids is 1. The molecule has 3 rings (SSSR count). The maximum absolute atomic E-state index is 12.0. The molecule has 0 aliphatic carbocycles. The van der Waals surface area contributed by atoms with Crippen molar-refractivity contribution in [2.45, 2.75) is 26.7 Å². The highest BCUT2D eigenvalue weighted by molar-refractivity contribution is 5.89. The predicted octanol–water partition coefficient (Wildman–Crippen LogP) is 3.02. The number of aromatic nitrogens is 2. The largest absolute Gasteiger partial charge is 0.494 e. The fourth-order valence-corrected chi connectivity index (χ4v) is 3.07. The SMILES string of the molecule is CCOc1ccc(NC(=O)NCCNc2nc(C)cc(N3CCCC3)n2)cc1. The third-order valence-corrected chi connectivity index (χ3v) is 4.39. The zero-order chi connectivity index (χ0) is 19.8. The van der Waals surface area contributed by atoms with Crippen LogP contribution in [0.15, 0.2) is 30.3 Å². The van der Waals surface area contributed by atoms with E-state index in [4.69, 9.17) is 4.74 Å². The second kappa shape index (κ2) is 9.77. The number of benzene rings is 1. The van der Waals surface area contributed by atoms with Gasteiger partial charge in [-0.15, -0.1) is 0 Å². The Labute approximate surface area is 165 Å². The summed E-state index contributed by atoms with van der Waals surface area (Å²) < 4.78 is 5.39. The highest BCUT2D eigenvalue weighted by Crippen LogP contribution is 2.19. The van der Waals surface area contributed by atoms with Crippen molar-refractivity contribution in [2.24, 2.45) is 0 Å². The minimum absolute atomic E-state index is 0.256. The van der Waals surface area contributed by atoms with Crippen LogP contribution in [0.2, 0.25) is 0 Å². The normalized spacial score (nSPS) is 13.3. The third-order valence-electron chi connectivity index (χ3n) is 4.39. The van der Waals surface area contributed by atoms with Crippen molar-refractivity contribution in [2.75, 3.05) is 48.3 Å². The molecular weight excluding hydrogens is 356 g/mol. The van der Waals surface area contributed by atoms with Crippen LogP contribution in [-0.2, 0) is 0 Å². The van der Waals surface area contributed by atoms with Gasteiger partial charge in [-0.05, 0) is 51.0 Å². The molecule has 28 heavy (non-hydrogen) atoms. The van der Waals surface area contributed by atoms with E-state index in [1.807, 2.05) is 44.2 Å². The smallest absolute Gasteiger partial charge is 0.319 e. The van der Waals surface area contributed by atoms with Crippen molar-refractivity contribution in [3.63, 3.8) is 0 Å². The highest BCUT2D eigenvalue weighted by Gasteiger charge is 2.15. The van der Waals surface area contributed by atoms with Crippen molar-refractivity contribution in [1.82, 2.24) is 15.3 Å². The van der Waals surface area contributed by atoms with E-state index >= 15 is 0 Å². The fraction of sp³-hybridized carbons (Fsp3) is 0.450. The molecule has 1 aliphatic rings. The summed E-state index contributed by atoms with van der Waals surface area (Å²) >= 11 is 0. The quantitative estimate of drug-likeness (QED) is 0.606. The zero-order valence-corrected chi connectivity index (χ0v) is 16.5. The summed E-state index contributed by atoms with van der Waals surface area (Å²) in [7, 11) is 0. The first-order chi connectivity index (χ1) is 13.6. The van der Waals surface area contributed by atoms with Crippen molar-refractivity contribution in [1.29, 1.82) is 0 Å². The van der Waals surface area contributed by atoms with E-state index in [0.717, 1.165) is 30.4 Å². The number of nitrogens with one attached hydrogen (secondary N) is 3. The molecule has 0 saturated carbocycles. The summed E-state index contributed by atoms with van der Waals surface area (Å²) in [5.41, 5.74) is 1.65. The van der Waals surface area contributed by atoms with Gasteiger partial charge in [0.05, 0.1) is 6.61 Å². The molecule has 1 aromatic carbocycles. The molecule has 3 N–H and O–H groups in total. The lowest BCUT2D eigenvalue weighted by Gasteiger charge is -2.17. The Hall–Kier alpha value is -3.03. The number of ether oxygens (including phenoxy) is 1. The first-order valence-corrected chi connectivity index (χ1v) is 9.76. The number of hydrogen-bond acceptors (Lipinski definition) is 6. The first kappa shape index (κ1) is 19.7. The molecule has 2 aromatic rings. The number of hydrogen-bond donors (Lipinski definition) is 3. The van der Waals surface area contributed by atoms with Gasteiger partial charge in [-0.1, -0.05) is 0 Å². The molecule has 1 fully saturated rings. The number of aryl methyl sites for hydroxylation is 1. The molecule has 8 heteroatoms. The molecule has 0 atom stereocenters. The lowest BCUT2D eigenvalue weighted by Crippen LogP contribution is -2.32. The summed E-state index contributed by atoms with van der Waals surface area (Å²) in [6.45, 7) is 7.60. The number of carbonyl (C=O) groups is 1. The van der Waals surface area contributed by atoms with Gasteiger partial charge in [0.15, 0.2) is 0 Å². The molecule has 0 radical (unpaired) electrons. The summed E-state index contributed by atoms with van der Waals surface area (Å²) in [5, 5.41) is 8.79. The van der Waals surface area contributed by atoms with Crippen molar-refractivity contribution < 1.29 is 9.53 Å². The van der Waals surface area contributed by atoms with E-state index in [0.29, 0.717) is 31.3 Å². The van der Waals surface area contributed by atoms with Crippen LogP contribution in [-0.4, -0.2) is 48.8 Å². The van der Waals surface area contributed by atoms with Gasteiger partial charge in [0.1, 0.15) is 11.6 Å². The Bertz CT molecular complexity index is 775. The Morgan fingerprint density at radius 1 is 1.14 bits per heavy atom. The molecule has 1 saturated heterocycles. The maximum Gasteiger partial charge on any atom is 0.319 e. The Morgan fingerprint density at radius 3 is 2.61 bits per heavy atom. The van der Waals surface area contributed by atoms with Gasteiger partial charge in [-0.3, -0.25) is 0 Å². The van der Waals surface area contributed by atoms with Crippen molar-refractivity contribution in [3.05, 3.63) is 36.0 Å². The van der Waals surface area contributed by atoms with Gasteiger partial charge < -0.3 is 25.6 Å². The number of anilines is 3. The number of urea groups is 1. The molecule has 2 heterocycles. The fourth-order valence-electron chi connectivity index (χ4n) is 3.07. The summed E-state index contributed by atoms with van der Waals surface area (Å²) in [6.07, 6.45) is 2.42. The van der Waals surface area contributed by atoms with Crippen LogP contribution in [0.5, 0.6) is 5.75 Å². The van der Waals surface area contributed by atoms with Crippen LogP contribution in [0.4, 0.5) is 22.2 Å². The summed E-state index contributed by atoms with van der Waals surface area (Å²) in [6, 6.07) is 9.03. The second-order valence-corrected chi connectivity index (χ2v) is 6.65. The van der Waals surface area contributed by atoms with Gasteiger partial charge in [0.25, 0.3) is 0 Å². The lowest BCUT2D eigenvalue weighted by molar-refractivity contribution is 0.252. The molecular formula is C20H28N6O2. The van der Waals surface area contributed by atoms with Crippen LogP contribution < -0.4 is 25.6 Å². The monoisotopic (exact) mass is 384 g/mol. The molecule has 0 bridgehead atoms. The average molecular weight is 384 g/mol. The van der Waals surface area contributed by atoms with Crippen LogP contribution in [0.1, 0.15) is 25.5 Å². The molecule has 2 amide bonds. The van der Waals surface area contributed by atoms with Crippen LogP contribution in [0, 0.1) is 6.92 Å². The van der Waals surface area contributed by atoms with E-state index in [1.54, 1.807) is 0 Å². The minimum atomic E-state index is -0.256. The molecule has 1 aliphatic heterocycles. The van der Waals surface area contributed by atoms with Gasteiger partial charge >= 0.3 is 6.03 Å². The van der Waals surface area contributed by atoms with Crippen molar-refractivity contribution >= 4 is 23.5 Å². The van der Waals surface area contributed by atoms with Crippen LogP contribution in [0.3, 0.4) is 0 Å². The van der Waals surface area contributed by atoms with Crippen LogP contribution in [0.25, 0.3) is 0 Å². The van der Waals surface area contributed by atoms with E-state index in [1.165, 1.54) is 12.8 Å². The molecule has 8 nitrogen and oxygen atoms in total. The number of nitrogens with zero attached hydrogens (tertiary/aromatic N) is 3. The molecule has 0 spiro atoms. The number of rotatable bonds is 8. The Kier molecular flexibility index (Phi) is 6.89. The van der Waals surface area contributed by atoms with Gasteiger partial charge in [0, 0.05) is 43.6 Å². The van der Waals surface area contributed by atoms with E-state index < -0.39 is 0 Å². The van der Waals surface area contributed by atoms with E-state index in [2.05, 4.69) is 30.8 Å². The second-order valence-electron chi connectivity index (χ2n) is 6.65. The summed E-state index contributed by atoms with van der Waals surface area (Å²) in [5.74, 6) is 2.34. The predicted molar refractivity (Wildman–Crippen MR) is 111 cm³/mol. The Morgan fingerprint density at radius 2 is 1.89 bits per heavy atom.